The maximum atomic E-state index is 12.2. The molecule has 2 aromatic rings. The number of likely N-dealkylation sites (tertiary alicyclic amines) is 1. The molecule has 1 heterocycles. The van der Waals surface area contributed by atoms with Crippen molar-refractivity contribution in [2.24, 2.45) is 0 Å². The molecule has 1 fully saturated rings. The highest BCUT2D eigenvalue weighted by Crippen LogP contribution is 2.24. The van der Waals surface area contributed by atoms with E-state index in [0.717, 1.165) is 23.7 Å². The molecule has 2 amide bonds. The summed E-state index contributed by atoms with van der Waals surface area (Å²) in [4.78, 5) is 25.5. The third-order valence-electron chi connectivity index (χ3n) is 4.17. The van der Waals surface area contributed by atoms with Crippen LogP contribution in [0, 0.1) is 0 Å². The average Bonchev–Trinajstić information content (AvgIpc) is 2.96. The lowest BCUT2D eigenvalue weighted by atomic mass is 10.1. The molecule has 0 spiro atoms. The second-order valence-electron chi connectivity index (χ2n) is 5.81. The van der Waals surface area contributed by atoms with Crippen LogP contribution in [0.4, 0.5) is 0 Å². The quantitative estimate of drug-likeness (QED) is 0.832. The van der Waals surface area contributed by atoms with Gasteiger partial charge in [-0.3, -0.25) is 9.59 Å². The van der Waals surface area contributed by atoms with Crippen molar-refractivity contribution in [2.75, 3.05) is 19.6 Å². The van der Waals surface area contributed by atoms with Gasteiger partial charge in [0.15, 0.2) is 0 Å². The highest BCUT2D eigenvalue weighted by atomic mass is 16.3. The fourth-order valence-corrected chi connectivity index (χ4v) is 2.92. The van der Waals surface area contributed by atoms with Crippen molar-refractivity contribution in [3.63, 3.8) is 0 Å². The highest BCUT2D eigenvalue weighted by molar-refractivity contribution is 6.01. The summed E-state index contributed by atoms with van der Waals surface area (Å²) in [6.45, 7) is 1.97. The number of hydrogen-bond acceptors (Lipinski definition) is 3. The number of nitrogens with one attached hydrogen (secondary N) is 1. The maximum Gasteiger partial charge on any atom is 0.255 e. The van der Waals surface area contributed by atoms with Crippen molar-refractivity contribution < 1.29 is 14.7 Å². The van der Waals surface area contributed by atoms with Crippen molar-refractivity contribution in [1.82, 2.24) is 10.2 Å². The number of benzene rings is 2. The Morgan fingerprint density at radius 1 is 1.22 bits per heavy atom. The lowest BCUT2D eigenvalue weighted by Gasteiger charge is -2.15. The SMILES string of the molecule is O=C(NCCCN1CCCC1=O)c1cc2ccccc2cc1O. The normalized spacial score (nSPS) is 14.4. The number of phenolic OH excluding ortho intramolecular Hbond substituents is 1. The van der Waals surface area contributed by atoms with Gasteiger partial charge in [0, 0.05) is 26.1 Å². The Kier molecular flexibility index (Phi) is 4.46. The van der Waals surface area contributed by atoms with Gasteiger partial charge in [0.25, 0.3) is 5.91 Å². The van der Waals surface area contributed by atoms with Crippen LogP contribution < -0.4 is 5.32 Å². The Morgan fingerprint density at radius 3 is 2.65 bits per heavy atom. The van der Waals surface area contributed by atoms with Gasteiger partial charge in [0.1, 0.15) is 5.75 Å². The molecule has 3 rings (SSSR count). The minimum atomic E-state index is -0.291. The first-order valence-corrected chi connectivity index (χ1v) is 7.93. The zero-order valence-corrected chi connectivity index (χ0v) is 12.9. The molecular formula is C18H20N2O3. The van der Waals surface area contributed by atoms with Crippen molar-refractivity contribution >= 4 is 22.6 Å². The van der Waals surface area contributed by atoms with E-state index in [-0.39, 0.29) is 23.1 Å². The van der Waals surface area contributed by atoms with Crippen molar-refractivity contribution in [2.45, 2.75) is 19.3 Å². The summed E-state index contributed by atoms with van der Waals surface area (Å²) in [6.07, 6.45) is 2.28. The molecule has 1 saturated heterocycles. The third kappa shape index (κ3) is 3.44. The molecule has 23 heavy (non-hydrogen) atoms. The number of phenols is 1. The molecule has 2 aromatic carbocycles. The summed E-state index contributed by atoms with van der Waals surface area (Å²) in [7, 11) is 0. The summed E-state index contributed by atoms with van der Waals surface area (Å²) < 4.78 is 0. The van der Waals surface area contributed by atoms with Crippen LogP contribution in [0.3, 0.4) is 0 Å². The second kappa shape index (κ2) is 6.69. The summed E-state index contributed by atoms with van der Waals surface area (Å²) >= 11 is 0. The van der Waals surface area contributed by atoms with Gasteiger partial charge in [0.05, 0.1) is 5.56 Å². The number of carbonyl (C=O) groups excluding carboxylic acids is 2. The molecule has 5 heteroatoms. The van der Waals surface area contributed by atoms with Gasteiger partial charge in [0.2, 0.25) is 5.91 Å². The molecule has 0 atom stereocenters. The number of fused-ring (bicyclic) bond motifs is 1. The zero-order valence-electron chi connectivity index (χ0n) is 12.9. The lowest BCUT2D eigenvalue weighted by molar-refractivity contribution is -0.127. The summed E-state index contributed by atoms with van der Waals surface area (Å²) in [5, 5.41) is 14.6. The van der Waals surface area contributed by atoms with Crippen LogP contribution in [0.1, 0.15) is 29.6 Å². The van der Waals surface area contributed by atoms with E-state index in [1.54, 1.807) is 12.1 Å². The number of carbonyl (C=O) groups is 2. The van der Waals surface area contributed by atoms with Crippen molar-refractivity contribution in [3.8, 4) is 5.75 Å². The standard InChI is InChI=1S/C18H20N2O3/c21-16-12-14-6-2-1-5-13(14)11-15(16)18(23)19-8-4-10-20-9-3-7-17(20)22/h1-2,5-6,11-12,21H,3-4,7-10H2,(H,19,23). The lowest BCUT2D eigenvalue weighted by Crippen LogP contribution is -2.30. The second-order valence-corrected chi connectivity index (χ2v) is 5.81. The van der Waals surface area contributed by atoms with Gasteiger partial charge in [-0.15, -0.1) is 0 Å². The summed E-state index contributed by atoms with van der Waals surface area (Å²) in [5.74, 6) is -0.111. The summed E-state index contributed by atoms with van der Waals surface area (Å²) in [6, 6.07) is 10.9. The fraction of sp³-hybridized carbons (Fsp3) is 0.333. The van der Waals surface area contributed by atoms with Gasteiger partial charge < -0.3 is 15.3 Å². The molecule has 0 saturated carbocycles. The smallest absolute Gasteiger partial charge is 0.255 e. The predicted octanol–water partition coefficient (Wildman–Crippen LogP) is 2.29. The molecule has 0 radical (unpaired) electrons. The van der Waals surface area contributed by atoms with Crippen LogP contribution in [0.2, 0.25) is 0 Å². The van der Waals surface area contributed by atoms with Crippen LogP contribution in [-0.4, -0.2) is 41.5 Å². The van der Waals surface area contributed by atoms with E-state index in [9.17, 15) is 14.7 Å². The largest absolute Gasteiger partial charge is 0.507 e. The molecule has 1 aliphatic heterocycles. The van der Waals surface area contributed by atoms with Crippen LogP contribution in [0.25, 0.3) is 10.8 Å². The zero-order chi connectivity index (χ0) is 16.2. The number of hydrogen-bond donors (Lipinski definition) is 2. The van der Waals surface area contributed by atoms with E-state index < -0.39 is 0 Å². The third-order valence-corrected chi connectivity index (χ3v) is 4.17. The number of nitrogens with zero attached hydrogens (tertiary/aromatic N) is 1. The van der Waals surface area contributed by atoms with E-state index in [1.807, 2.05) is 29.2 Å². The molecule has 2 N–H and O–H groups in total. The molecule has 0 unspecified atom stereocenters. The van der Waals surface area contributed by atoms with Gasteiger partial charge in [-0.2, -0.15) is 0 Å². The average molecular weight is 312 g/mol. The topological polar surface area (TPSA) is 69.6 Å². The Morgan fingerprint density at radius 2 is 1.96 bits per heavy atom. The maximum absolute atomic E-state index is 12.2. The molecule has 0 bridgehead atoms. The predicted molar refractivity (Wildman–Crippen MR) is 88.4 cm³/mol. The number of rotatable bonds is 5. The number of aromatic hydroxyl groups is 1. The molecule has 0 aliphatic carbocycles. The van der Waals surface area contributed by atoms with E-state index in [0.29, 0.717) is 25.9 Å². The van der Waals surface area contributed by atoms with Crippen molar-refractivity contribution in [1.29, 1.82) is 0 Å². The Hall–Kier alpha value is -2.56. The first-order valence-electron chi connectivity index (χ1n) is 7.93. The Labute approximate surface area is 134 Å². The van der Waals surface area contributed by atoms with Crippen molar-refractivity contribution in [3.05, 3.63) is 42.0 Å². The monoisotopic (exact) mass is 312 g/mol. The minimum Gasteiger partial charge on any atom is -0.507 e. The van der Waals surface area contributed by atoms with Gasteiger partial charge in [-0.1, -0.05) is 24.3 Å². The van der Waals surface area contributed by atoms with Crippen LogP contribution in [-0.2, 0) is 4.79 Å². The fourth-order valence-electron chi connectivity index (χ4n) is 2.92. The van der Waals surface area contributed by atoms with Gasteiger partial charge in [-0.25, -0.2) is 0 Å². The first kappa shape index (κ1) is 15.3. The molecule has 5 nitrogen and oxygen atoms in total. The van der Waals surface area contributed by atoms with Crippen LogP contribution >= 0.6 is 0 Å². The van der Waals surface area contributed by atoms with Gasteiger partial charge in [-0.05, 0) is 35.7 Å². The number of amides is 2. The molecule has 0 aromatic heterocycles. The Balaban J connectivity index is 1.57. The first-order chi connectivity index (χ1) is 11.1. The summed E-state index contributed by atoms with van der Waals surface area (Å²) in [5.41, 5.74) is 0.279. The van der Waals surface area contributed by atoms with E-state index >= 15 is 0 Å². The van der Waals surface area contributed by atoms with Crippen LogP contribution in [0.15, 0.2) is 36.4 Å². The van der Waals surface area contributed by atoms with E-state index in [2.05, 4.69) is 5.32 Å². The molecular weight excluding hydrogens is 292 g/mol. The molecule has 1 aliphatic rings. The highest BCUT2D eigenvalue weighted by Gasteiger charge is 2.19. The Bertz CT molecular complexity index is 742. The van der Waals surface area contributed by atoms with Crippen LogP contribution in [0.5, 0.6) is 5.75 Å². The minimum absolute atomic E-state index is 0.0177. The van der Waals surface area contributed by atoms with Gasteiger partial charge >= 0.3 is 0 Å². The van der Waals surface area contributed by atoms with E-state index in [4.69, 9.17) is 0 Å². The van der Waals surface area contributed by atoms with E-state index in [1.165, 1.54) is 0 Å². The molecule has 120 valence electrons.